The van der Waals surface area contributed by atoms with E-state index >= 15 is 0 Å². The van der Waals surface area contributed by atoms with Crippen molar-refractivity contribution >= 4 is 27.3 Å². The number of hydrogen-bond acceptors (Lipinski definition) is 5. The van der Waals surface area contributed by atoms with Gasteiger partial charge in [0.15, 0.2) is 0 Å². The molecular weight excluding hydrogens is 328 g/mol. The molecule has 1 aliphatic heterocycles. The van der Waals surface area contributed by atoms with Crippen molar-refractivity contribution in [1.29, 1.82) is 0 Å². The molecule has 0 bridgehead atoms. The maximum absolute atomic E-state index is 10.8. The number of hydrogen-bond donors (Lipinski definition) is 1. The van der Waals surface area contributed by atoms with E-state index in [9.17, 15) is 15.2 Å². The maximum Gasteiger partial charge on any atom is 0.270 e. The number of rotatable bonds is 3. The fourth-order valence-corrected chi connectivity index (χ4v) is 3.06. The van der Waals surface area contributed by atoms with Gasteiger partial charge in [0.1, 0.15) is 0 Å². The van der Waals surface area contributed by atoms with E-state index in [-0.39, 0.29) is 24.0 Å². The third-order valence-electron chi connectivity index (χ3n) is 3.17. The Hall–Kier alpha value is -1.18. The number of benzene rings is 1. The number of nitro groups is 1. The van der Waals surface area contributed by atoms with Gasteiger partial charge in [-0.15, -0.1) is 0 Å². The van der Waals surface area contributed by atoms with Gasteiger partial charge in [-0.2, -0.15) is 0 Å². The Morgan fingerprint density at radius 3 is 2.85 bits per heavy atom. The van der Waals surface area contributed by atoms with Crippen LogP contribution in [-0.4, -0.2) is 41.4 Å². The van der Waals surface area contributed by atoms with Gasteiger partial charge in [-0.25, -0.2) is 0 Å². The van der Waals surface area contributed by atoms with Crippen molar-refractivity contribution in [2.75, 3.05) is 24.6 Å². The Morgan fingerprint density at radius 1 is 1.60 bits per heavy atom. The number of nitro benzene ring substituents is 1. The lowest BCUT2D eigenvalue weighted by molar-refractivity contribution is -0.384. The standard InChI is InChI=1S/C13H17BrN2O4/c1-13(2)8-15(6-10(7-17)20-13)12-4-3-9(16(18)19)5-11(12)14/h3-5,10,17H,6-8H2,1-2H3. The Kier molecular flexibility index (Phi) is 4.31. The third-order valence-corrected chi connectivity index (χ3v) is 3.80. The minimum atomic E-state index is -0.422. The van der Waals surface area contributed by atoms with Crippen molar-refractivity contribution in [1.82, 2.24) is 0 Å². The first-order valence-corrected chi connectivity index (χ1v) is 7.09. The van der Waals surface area contributed by atoms with E-state index < -0.39 is 4.92 Å². The average Bonchev–Trinajstić information content (AvgIpc) is 2.36. The molecule has 1 unspecified atom stereocenters. The number of aliphatic hydroxyl groups is 1. The van der Waals surface area contributed by atoms with Crippen LogP contribution in [0.3, 0.4) is 0 Å². The Balaban J connectivity index is 2.28. The van der Waals surface area contributed by atoms with Crippen LogP contribution in [0.25, 0.3) is 0 Å². The molecule has 1 aliphatic rings. The zero-order chi connectivity index (χ0) is 14.9. The first-order valence-electron chi connectivity index (χ1n) is 6.30. The molecule has 1 aromatic rings. The van der Waals surface area contributed by atoms with Crippen LogP contribution < -0.4 is 4.90 Å². The van der Waals surface area contributed by atoms with Crippen molar-refractivity contribution in [2.45, 2.75) is 25.6 Å². The largest absolute Gasteiger partial charge is 0.394 e. The summed E-state index contributed by atoms with van der Waals surface area (Å²) in [5, 5.41) is 20.1. The van der Waals surface area contributed by atoms with Crippen LogP contribution in [0.4, 0.5) is 11.4 Å². The van der Waals surface area contributed by atoms with E-state index in [1.807, 2.05) is 13.8 Å². The van der Waals surface area contributed by atoms with Crippen LogP contribution in [0.1, 0.15) is 13.8 Å². The molecule has 20 heavy (non-hydrogen) atoms. The number of nitrogens with zero attached hydrogens (tertiary/aromatic N) is 2. The Bertz CT molecular complexity index is 521. The predicted molar refractivity (Wildman–Crippen MR) is 79.0 cm³/mol. The molecule has 1 N–H and O–H groups in total. The molecule has 0 amide bonds. The van der Waals surface area contributed by atoms with Crippen molar-refractivity contribution in [3.05, 3.63) is 32.8 Å². The molecule has 0 aromatic heterocycles. The summed E-state index contributed by atoms with van der Waals surface area (Å²) < 4.78 is 6.43. The number of halogens is 1. The second-order valence-electron chi connectivity index (χ2n) is 5.46. The van der Waals surface area contributed by atoms with Gasteiger partial charge in [0.05, 0.1) is 28.9 Å². The number of morpholine rings is 1. The first kappa shape index (κ1) is 15.2. The van der Waals surface area contributed by atoms with E-state index in [4.69, 9.17) is 4.74 Å². The molecule has 0 aliphatic carbocycles. The maximum atomic E-state index is 10.8. The summed E-state index contributed by atoms with van der Waals surface area (Å²) in [6.07, 6.45) is -0.263. The summed E-state index contributed by atoms with van der Waals surface area (Å²) in [5.74, 6) is 0. The molecule has 1 aromatic carbocycles. The van der Waals surface area contributed by atoms with Crippen molar-refractivity contribution in [3.63, 3.8) is 0 Å². The van der Waals surface area contributed by atoms with Gasteiger partial charge in [-0.1, -0.05) is 0 Å². The second-order valence-corrected chi connectivity index (χ2v) is 6.31. The minimum Gasteiger partial charge on any atom is -0.394 e. The molecule has 1 atom stereocenters. The highest BCUT2D eigenvalue weighted by Gasteiger charge is 2.34. The number of ether oxygens (including phenoxy) is 1. The van der Waals surface area contributed by atoms with Gasteiger partial charge in [0, 0.05) is 29.7 Å². The fourth-order valence-electron chi connectivity index (χ4n) is 2.44. The number of aliphatic hydroxyl groups excluding tert-OH is 1. The van der Waals surface area contributed by atoms with E-state index in [0.717, 1.165) is 5.69 Å². The molecule has 1 saturated heterocycles. The van der Waals surface area contributed by atoms with Gasteiger partial charge >= 0.3 is 0 Å². The zero-order valence-corrected chi connectivity index (χ0v) is 13.0. The summed E-state index contributed by atoms with van der Waals surface area (Å²) in [7, 11) is 0. The van der Waals surface area contributed by atoms with E-state index in [1.165, 1.54) is 12.1 Å². The normalized spacial score (nSPS) is 21.8. The smallest absolute Gasteiger partial charge is 0.270 e. The van der Waals surface area contributed by atoms with Gasteiger partial charge in [-0.3, -0.25) is 10.1 Å². The fraction of sp³-hybridized carbons (Fsp3) is 0.538. The Morgan fingerprint density at radius 2 is 2.30 bits per heavy atom. The number of non-ortho nitro benzene ring substituents is 1. The molecule has 0 spiro atoms. The minimum absolute atomic E-state index is 0.0480. The van der Waals surface area contributed by atoms with Gasteiger partial charge in [-0.05, 0) is 35.8 Å². The summed E-state index contributed by atoms with van der Waals surface area (Å²) in [6.45, 7) is 5.07. The summed E-state index contributed by atoms with van der Waals surface area (Å²) in [6, 6.07) is 4.69. The molecule has 2 rings (SSSR count). The zero-order valence-electron chi connectivity index (χ0n) is 11.4. The molecule has 6 nitrogen and oxygen atoms in total. The molecule has 7 heteroatoms. The van der Waals surface area contributed by atoms with Crippen molar-refractivity contribution < 1.29 is 14.8 Å². The van der Waals surface area contributed by atoms with Crippen LogP contribution in [0, 0.1) is 10.1 Å². The predicted octanol–water partition coefficient (Wildman–Crippen LogP) is 2.33. The molecule has 1 heterocycles. The quantitative estimate of drug-likeness (QED) is 0.672. The molecular formula is C13H17BrN2O4. The molecule has 110 valence electrons. The Labute approximate surface area is 125 Å². The lowest BCUT2D eigenvalue weighted by Crippen LogP contribution is -2.54. The van der Waals surface area contributed by atoms with Gasteiger partial charge in [0.2, 0.25) is 0 Å². The first-order chi connectivity index (χ1) is 9.32. The SMILES string of the molecule is CC1(C)CN(c2ccc([N+](=O)[O-])cc2Br)CC(CO)O1. The molecule has 0 radical (unpaired) electrons. The van der Waals surface area contributed by atoms with E-state index in [0.29, 0.717) is 17.6 Å². The van der Waals surface area contributed by atoms with Gasteiger partial charge < -0.3 is 14.7 Å². The van der Waals surface area contributed by atoms with Crippen LogP contribution in [0.15, 0.2) is 22.7 Å². The van der Waals surface area contributed by atoms with Crippen LogP contribution in [0.5, 0.6) is 0 Å². The molecule has 1 fully saturated rings. The highest BCUT2D eigenvalue weighted by molar-refractivity contribution is 9.10. The second kappa shape index (κ2) is 5.67. The lowest BCUT2D eigenvalue weighted by atomic mass is 10.0. The summed E-state index contributed by atoms with van der Waals surface area (Å²) in [5.41, 5.74) is 0.532. The topological polar surface area (TPSA) is 75.8 Å². The van der Waals surface area contributed by atoms with Crippen molar-refractivity contribution in [2.24, 2.45) is 0 Å². The van der Waals surface area contributed by atoms with Crippen LogP contribution >= 0.6 is 15.9 Å². The highest BCUT2D eigenvalue weighted by atomic mass is 79.9. The van der Waals surface area contributed by atoms with E-state index in [2.05, 4.69) is 20.8 Å². The average molecular weight is 345 g/mol. The van der Waals surface area contributed by atoms with Crippen LogP contribution in [0.2, 0.25) is 0 Å². The highest BCUT2D eigenvalue weighted by Crippen LogP contribution is 2.33. The lowest BCUT2D eigenvalue weighted by Gasteiger charge is -2.43. The summed E-state index contributed by atoms with van der Waals surface area (Å²) in [4.78, 5) is 12.4. The van der Waals surface area contributed by atoms with Gasteiger partial charge in [0.25, 0.3) is 5.69 Å². The molecule has 0 saturated carbocycles. The van der Waals surface area contributed by atoms with E-state index in [1.54, 1.807) is 6.07 Å². The number of anilines is 1. The van der Waals surface area contributed by atoms with Crippen molar-refractivity contribution in [3.8, 4) is 0 Å². The monoisotopic (exact) mass is 344 g/mol. The third kappa shape index (κ3) is 3.28. The van der Waals surface area contributed by atoms with Crippen LogP contribution in [-0.2, 0) is 4.74 Å². The summed E-state index contributed by atoms with van der Waals surface area (Å²) >= 11 is 3.38.